The van der Waals surface area contributed by atoms with E-state index in [9.17, 15) is 58.3 Å². The zero-order chi connectivity index (χ0) is 34.4. The molecule has 2 unspecified atom stereocenters. The average molecular weight is 764 g/mol. The van der Waals surface area contributed by atoms with E-state index in [4.69, 9.17) is 16.0 Å². The first-order valence-electron chi connectivity index (χ1n) is 12.1. The number of fused-ring (bicyclic) bond motifs is 1. The number of aliphatic carboxylic acids is 1. The molecular formula is C24H32F10INO7. The van der Waals surface area contributed by atoms with E-state index in [-0.39, 0.29) is 18.3 Å². The van der Waals surface area contributed by atoms with Crippen LogP contribution in [0.3, 0.4) is 0 Å². The molecule has 2 N–H and O–H groups in total. The van der Waals surface area contributed by atoms with Gasteiger partial charge in [0.1, 0.15) is 31.5 Å². The van der Waals surface area contributed by atoms with Crippen molar-refractivity contribution in [2.75, 3.05) is 35.3 Å². The van der Waals surface area contributed by atoms with Crippen LogP contribution >= 0.6 is 22.6 Å². The van der Waals surface area contributed by atoms with Gasteiger partial charge in [0.15, 0.2) is 0 Å². The van der Waals surface area contributed by atoms with Gasteiger partial charge in [-0.3, -0.25) is 18.8 Å². The number of benzene rings is 1. The fourth-order valence-corrected chi connectivity index (χ4v) is 3.39. The topological polar surface area (TPSA) is 120 Å². The lowest BCUT2D eigenvalue weighted by Gasteiger charge is -2.31. The van der Waals surface area contributed by atoms with Crippen LogP contribution in [0.15, 0.2) is 18.2 Å². The molecule has 0 spiro atoms. The van der Waals surface area contributed by atoms with Gasteiger partial charge in [0.25, 0.3) is 0 Å². The molecule has 0 amide bonds. The van der Waals surface area contributed by atoms with Crippen molar-refractivity contribution in [2.45, 2.75) is 62.8 Å². The summed E-state index contributed by atoms with van der Waals surface area (Å²) < 4.78 is 134. The van der Waals surface area contributed by atoms with Crippen LogP contribution in [0, 0.1) is 3.57 Å². The van der Waals surface area contributed by atoms with Gasteiger partial charge >= 0.3 is 36.4 Å². The van der Waals surface area contributed by atoms with Gasteiger partial charge in [0.05, 0.1) is 36.7 Å². The predicted molar refractivity (Wildman–Crippen MR) is 139 cm³/mol. The number of carbonyl (C=O) groups is 3. The second-order valence-corrected chi connectivity index (χ2v) is 11.0. The Balaban J connectivity index is -0.000000817. The second-order valence-electron chi connectivity index (χ2n) is 9.76. The van der Waals surface area contributed by atoms with Crippen molar-refractivity contribution >= 4 is 40.5 Å². The summed E-state index contributed by atoms with van der Waals surface area (Å²) in [6.07, 6.45) is -21.2. The first kappa shape index (κ1) is 42.7. The number of hydrogen-bond donors (Lipinski definition) is 1. The highest BCUT2D eigenvalue weighted by molar-refractivity contribution is 14.1. The molecule has 0 saturated carbocycles. The maximum atomic E-state index is 12.3. The Hall–Kier alpha value is -2.42. The minimum Gasteiger partial charge on any atom is -0.870 e. The highest BCUT2D eigenvalue weighted by Gasteiger charge is 2.38. The van der Waals surface area contributed by atoms with E-state index in [0.29, 0.717) is 14.7 Å². The van der Waals surface area contributed by atoms with Crippen LogP contribution in [0.2, 0.25) is 0 Å². The number of hydrogen-bond acceptors (Lipinski definition) is 6. The molecule has 0 radical (unpaired) electrons. The zero-order valence-corrected chi connectivity index (χ0v) is 25.3. The molecule has 19 heteroatoms. The summed E-state index contributed by atoms with van der Waals surface area (Å²) in [5, 5.41) is 7.53. The third kappa shape index (κ3) is 25.8. The monoisotopic (exact) mass is 764 g/mol. The smallest absolute Gasteiger partial charge is 0.399 e. The van der Waals surface area contributed by atoms with Crippen LogP contribution in [0.5, 0.6) is 0 Å². The van der Waals surface area contributed by atoms with Crippen LogP contribution in [0.4, 0.5) is 43.9 Å². The normalized spacial score (nSPS) is 16.5. The second kappa shape index (κ2) is 19.1. The number of carboxylic acids is 1. The lowest BCUT2D eigenvalue weighted by molar-refractivity contribution is -0.849. The molecule has 0 bridgehead atoms. The van der Waals surface area contributed by atoms with Gasteiger partial charge in [-0.1, -0.05) is 6.07 Å². The van der Waals surface area contributed by atoms with E-state index in [1.54, 1.807) is 6.07 Å². The molecule has 0 aromatic heterocycles. The standard InChI is InChI=1S/C16H13F6IO4.C4H12N.C3H3F3O2.CH3F.H2O/c17-15(18,19)6-13(24)26-11-3-4-12(27-14(25)7-16(20,21)22)10-5-8(23)1-2-9(10)11;1-5(2,3)4;4-3(5,6)1-2(7)8;1-2;/h1-2,5,11-12H,3-4,6-7H2;1-4H3;1H2,(H,7,8);1H3;1H2/q;+1;;;/p-1/i;;;1D;. The number of rotatable bonds is 5. The third-order valence-electron chi connectivity index (χ3n) is 4.02. The Kier molecular flexibility index (Phi) is 18.9. The molecule has 2 rings (SSSR count). The minimum atomic E-state index is -4.71. The molecule has 252 valence electrons. The highest BCUT2D eigenvalue weighted by Crippen LogP contribution is 2.41. The van der Waals surface area contributed by atoms with Crippen LogP contribution < -0.4 is 0 Å². The van der Waals surface area contributed by atoms with Crippen molar-refractivity contribution in [1.29, 1.82) is 0 Å². The Morgan fingerprint density at radius 2 is 1.16 bits per heavy atom. The van der Waals surface area contributed by atoms with Crippen molar-refractivity contribution in [3.8, 4) is 0 Å². The molecule has 0 saturated heterocycles. The Labute approximate surface area is 255 Å². The van der Waals surface area contributed by atoms with Crippen molar-refractivity contribution in [3.05, 3.63) is 32.9 Å². The number of ether oxygens (including phenoxy) is 2. The SMILES string of the molecule is C[N+](C)(C)C.O=C(CC(F)(F)F)OC1CCC(OC(=O)CC(F)(F)F)c2cc(I)ccc21.O=C(O)CC(F)(F)F.[2H]CF.[OH-]. The molecule has 1 aromatic carbocycles. The average Bonchev–Trinajstić information content (AvgIpc) is 2.70. The Morgan fingerprint density at radius 1 is 0.837 bits per heavy atom. The summed E-state index contributed by atoms with van der Waals surface area (Å²) >= 11 is 1.93. The fraction of sp³-hybridized carbons (Fsp3) is 0.625. The first-order valence-corrected chi connectivity index (χ1v) is 12.5. The van der Waals surface area contributed by atoms with E-state index < -0.39 is 75.1 Å². The fourth-order valence-electron chi connectivity index (χ4n) is 2.88. The molecule has 1 aromatic rings. The van der Waals surface area contributed by atoms with Gasteiger partial charge in [0, 0.05) is 9.13 Å². The molecule has 43 heavy (non-hydrogen) atoms. The molecular weight excluding hydrogens is 731 g/mol. The van der Waals surface area contributed by atoms with Gasteiger partial charge in [-0.15, -0.1) is 0 Å². The summed E-state index contributed by atoms with van der Waals surface area (Å²) in [4.78, 5) is 32.2. The molecule has 8 nitrogen and oxygen atoms in total. The number of alkyl halides is 10. The summed E-state index contributed by atoms with van der Waals surface area (Å²) in [6.45, 7) is 0. The van der Waals surface area contributed by atoms with Crippen molar-refractivity contribution in [1.82, 2.24) is 0 Å². The van der Waals surface area contributed by atoms with Gasteiger partial charge in [0.2, 0.25) is 0 Å². The number of esters is 2. The Bertz CT molecular complexity index is 1030. The van der Waals surface area contributed by atoms with Crippen molar-refractivity contribution < 1.29 is 84.2 Å². The first-order chi connectivity index (χ1) is 19.2. The number of halogens is 11. The summed E-state index contributed by atoms with van der Waals surface area (Å²) in [5.74, 6) is -4.76. The van der Waals surface area contributed by atoms with E-state index in [2.05, 4.69) is 28.2 Å². The molecule has 2 atom stereocenters. The van der Waals surface area contributed by atoms with Crippen LogP contribution in [0.1, 0.15) is 56.8 Å². The van der Waals surface area contributed by atoms with Crippen LogP contribution in [-0.4, -0.2) is 86.8 Å². The van der Waals surface area contributed by atoms with E-state index >= 15 is 0 Å². The van der Waals surface area contributed by atoms with Gasteiger partial charge in [-0.2, -0.15) is 39.5 Å². The van der Waals surface area contributed by atoms with Crippen molar-refractivity contribution in [3.63, 3.8) is 0 Å². The minimum absolute atomic E-state index is 0. The van der Waals surface area contributed by atoms with Crippen molar-refractivity contribution in [2.24, 2.45) is 0 Å². The van der Waals surface area contributed by atoms with E-state index in [0.717, 1.165) is 4.48 Å². The van der Waals surface area contributed by atoms with Crippen LogP contribution in [-0.2, 0) is 23.9 Å². The quantitative estimate of drug-likeness (QED) is 0.150. The predicted octanol–water partition coefficient (Wildman–Crippen LogP) is 6.91. The highest BCUT2D eigenvalue weighted by atomic mass is 127. The molecule has 0 fully saturated rings. The lowest BCUT2D eigenvalue weighted by Crippen LogP contribution is -2.27. The largest absolute Gasteiger partial charge is 0.870 e. The van der Waals surface area contributed by atoms with E-state index in [1.165, 1.54) is 12.1 Å². The van der Waals surface area contributed by atoms with Gasteiger partial charge in [-0.25, -0.2) is 0 Å². The lowest BCUT2D eigenvalue weighted by atomic mass is 9.87. The maximum absolute atomic E-state index is 12.3. The maximum Gasteiger partial charge on any atom is 0.399 e. The number of quaternary nitrogens is 1. The summed E-state index contributed by atoms with van der Waals surface area (Å²) in [7, 11) is 7.50. The van der Waals surface area contributed by atoms with Gasteiger partial charge < -0.3 is 24.5 Å². The van der Waals surface area contributed by atoms with Crippen LogP contribution in [0.25, 0.3) is 0 Å². The Morgan fingerprint density at radius 3 is 1.44 bits per heavy atom. The zero-order valence-electron chi connectivity index (χ0n) is 24.2. The molecule has 1 aliphatic carbocycles. The van der Waals surface area contributed by atoms with Gasteiger partial charge in [-0.05, 0) is 53.1 Å². The molecule has 0 aliphatic heterocycles. The third-order valence-corrected chi connectivity index (χ3v) is 4.69. The summed E-state index contributed by atoms with van der Waals surface area (Å²) in [6, 6.07) is 4.63. The number of carbonyl (C=O) groups excluding carboxylic acids is 2. The molecule has 1 aliphatic rings. The van der Waals surface area contributed by atoms with E-state index in [1.807, 2.05) is 22.6 Å². The number of nitrogens with zero attached hydrogens (tertiary/aromatic N) is 1. The summed E-state index contributed by atoms with van der Waals surface area (Å²) in [5.41, 5.74) is 0.621. The molecule has 0 heterocycles. The number of carboxylic acid groups (broad SMARTS) is 1.